The second-order valence-electron chi connectivity index (χ2n) is 4.09. The van der Waals surface area contributed by atoms with E-state index in [0.29, 0.717) is 18.2 Å². The molecule has 8 heteroatoms. The van der Waals surface area contributed by atoms with E-state index in [-0.39, 0.29) is 6.54 Å². The van der Waals surface area contributed by atoms with Crippen molar-refractivity contribution >= 4 is 6.41 Å². The van der Waals surface area contributed by atoms with Crippen LogP contribution < -0.4 is 0 Å². The monoisotopic (exact) mass is 269 g/mol. The van der Waals surface area contributed by atoms with E-state index in [1.165, 1.54) is 25.4 Å². The van der Waals surface area contributed by atoms with Crippen LogP contribution in [-0.4, -0.2) is 40.0 Å². The zero-order valence-electron chi connectivity index (χ0n) is 10.6. The van der Waals surface area contributed by atoms with Crippen LogP contribution in [0.5, 0.6) is 0 Å². The zero-order valence-corrected chi connectivity index (χ0v) is 10.6. The number of carbonyl (C=O) groups excluding carboxylic acids is 1. The molecule has 0 fully saturated rings. The van der Waals surface area contributed by atoms with Crippen molar-refractivity contribution in [3.05, 3.63) is 52.4 Å². The lowest BCUT2D eigenvalue weighted by molar-refractivity contribution is -0.900. The minimum absolute atomic E-state index is 0.282. The summed E-state index contributed by atoms with van der Waals surface area (Å²) >= 11 is 0. The summed E-state index contributed by atoms with van der Waals surface area (Å²) in [6.45, 7) is 0.282. The number of rotatable bonds is 6. The lowest BCUT2D eigenvalue weighted by atomic mass is 10.3. The van der Waals surface area contributed by atoms with Gasteiger partial charge in [-0.3, -0.25) is 10.1 Å². The van der Waals surface area contributed by atoms with Gasteiger partial charge in [0, 0.05) is 13.2 Å². The Labute approximate surface area is 109 Å². The third-order valence-electron chi connectivity index (χ3n) is 2.64. The number of amides is 1. The van der Waals surface area contributed by atoms with E-state index < -0.39 is 15.5 Å². The Morgan fingerprint density at radius 3 is 2.74 bits per heavy atom. The molecule has 0 radical (unpaired) electrons. The molecule has 1 rings (SSSR count). The Morgan fingerprint density at radius 2 is 2.26 bits per heavy atom. The maximum Gasteiger partial charge on any atom is 0.325 e. The molecule has 1 heterocycles. The van der Waals surface area contributed by atoms with Gasteiger partial charge in [-0.05, 0) is 11.6 Å². The van der Waals surface area contributed by atoms with Crippen LogP contribution in [-0.2, 0) is 11.3 Å². The molecule has 102 valence electrons. The average molecular weight is 269 g/mol. The van der Waals surface area contributed by atoms with Crippen molar-refractivity contribution in [1.29, 1.82) is 0 Å². The highest BCUT2D eigenvalue weighted by atomic mass is 19.1. The molecule has 19 heavy (non-hydrogen) atoms. The molecule has 0 aliphatic heterocycles. The summed E-state index contributed by atoms with van der Waals surface area (Å²) in [6, 6.07) is 2.74. The number of halogens is 1. The number of hydrogen-bond donors (Lipinski definition) is 0. The van der Waals surface area contributed by atoms with Gasteiger partial charge in [0.05, 0.1) is 18.5 Å². The van der Waals surface area contributed by atoms with Crippen LogP contribution in [0.2, 0.25) is 0 Å². The molecule has 0 aliphatic carbocycles. The average Bonchev–Trinajstić information content (AvgIpc) is 2.38. The maximum absolute atomic E-state index is 12.7. The van der Waals surface area contributed by atoms with Gasteiger partial charge in [0.1, 0.15) is 0 Å². The Kier molecular flexibility index (Phi) is 4.79. The normalized spacial score (nSPS) is 14.5. The maximum atomic E-state index is 12.7. The van der Waals surface area contributed by atoms with Gasteiger partial charge in [0.25, 0.3) is 6.20 Å². The van der Waals surface area contributed by atoms with E-state index in [0.717, 1.165) is 6.20 Å². The zero-order chi connectivity index (χ0) is 14.5. The third kappa shape index (κ3) is 4.19. The lowest BCUT2D eigenvalue weighted by Crippen LogP contribution is -2.50. The molecule has 7 nitrogen and oxygen atoms in total. The van der Waals surface area contributed by atoms with Crippen molar-refractivity contribution in [2.24, 2.45) is 0 Å². The van der Waals surface area contributed by atoms with Crippen molar-refractivity contribution in [2.45, 2.75) is 6.54 Å². The molecule has 1 amide bonds. The number of hydrogen-bond acceptors (Lipinski definition) is 5. The molecular formula is C11H14FN4O3+. The van der Waals surface area contributed by atoms with E-state index in [1.54, 1.807) is 12.1 Å². The molecule has 1 aromatic heterocycles. The summed E-state index contributed by atoms with van der Waals surface area (Å²) in [7, 11) is 3.10. The van der Waals surface area contributed by atoms with Crippen LogP contribution >= 0.6 is 0 Å². The van der Waals surface area contributed by atoms with Crippen LogP contribution in [0.25, 0.3) is 0 Å². The number of carbonyl (C=O) groups is 1. The second kappa shape index (κ2) is 6.12. The fraction of sp³-hybridized carbons (Fsp3) is 0.273. The highest BCUT2D eigenvalue weighted by molar-refractivity contribution is 5.37. The van der Waals surface area contributed by atoms with Crippen LogP contribution in [0.15, 0.2) is 30.7 Å². The van der Waals surface area contributed by atoms with Gasteiger partial charge in [-0.25, -0.2) is 9.78 Å². The van der Waals surface area contributed by atoms with E-state index in [9.17, 15) is 19.3 Å². The SMILES string of the molecule is CN(Cc1ccc(F)nc1)[N+](C)(C=O)C=C[N+](=O)[O-]. The smallest absolute Gasteiger partial charge is 0.259 e. The molecule has 0 aromatic carbocycles. The third-order valence-corrected chi connectivity index (χ3v) is 2.64. The summed E-state index contributed by atoms with van der Waals surface area (Å²) in [4.78, 5) is 24.3. The van der Waals surface area contributed by atoms with Crippen LogP contribution in [0.3, 0.4) is 0 Å². The van der Waals surface area contributed by atoms with Crippen molar-refractivity contribution in [3.63, 3.8) is 0 Å². The fourth-order valence-electron chi connectivity index (χ4n) is 1.34. The molecular weight excluding hydrogens is 255 g/mol. The summed E-state index contributed by atoms with van der Waals surface area (Å²) < 4.78 is 12.3. The Bertz CT molecular complexity index is 491. The predicted molar refractivity (Wildman–Crippen MR) is 64.0 cm³/mol. The molecule has 0 bridgehead atoms. The van der Waals surface area contributed by atoms with Gasteiger partial charge in [-0.1, -0.05) is 6.07 Å². The quantitative estimate of drug-likeness (QED) is 0.252. The van der Waals surface area contributed by atoms with Crippen molar-refractivity contribution < 1.29 is 18.7 Å². The van der Waals surface area contributed by atoms with Crippen LogP contribution in [0, 0.1) is 16.1 Å². The van der Waals surface area contributed by atoms with Gasteiger partial charge in [0.15, 0.2) is 6.20 Å². The van der Waals surface area contributed by atoms with Gasteiger partial charge in [0.2, 0.25) is 5.95 Å². The topological polar surface area (TPSA) is 76.3 Å². The number of pyridine rings is 1. The molecule has 0 saturated heterocycles. The first-order valence-electron chi connectivity index (χ1n) is 5.34. The van der Waals surface area contributed by atoms with Gasteiger partial charge >= 0.3 is 6.41 Å². The van der Waals surface area contributed by atoms with Gasteiger partial charge < -0.3 is 0 Å². The van der Waals surface area contributed by atoms with Crippen molar-refractivity contribution in [3.8, 4) is 0 Å². The minimum Gasteiger partial charge on any atom is -0.259 e. The first kappa shape index (κ1) is 14.9. The minimum atomic E-state index is -0.646. The van der Waals surface area contributed by atoms with E-state index >= 15 is 0 Å². The number of nitro groups is 1. The summed E-state index contributed by atoms with van der Waals surface area (Å²) in [5.41, 5.74) is 0.685. The first-order chi connectivity index (χ1) is 8.87. The number of aromatic nitrogens is 1. The Morgan fingerprint density at radius 1 is 1.58 bits per heavy atom. The van der Waals surface area contributed by atoms with Crippen molar-refractivity contribution in [2.75, 3.05) is 14.1 Å². The number of quaternary nitrogens is 1. The first-order valence-corrected chi connectivity index (χ1v) is 5.34. The number of nitrogens with zero attached hydrogens (tertiary/aromatic N) is 4. The summed E-state index contributed by atoms with van der Waals surface area (Å²) in [5, 5.41) is 11.8. The molecule has 0 N–H and O–H groups in total. The van der Waals surface area contributed by atoms with Gasteiger partial charge in [-0.15, -0.1) is 5.01 Å². The van der Waals surface area contributed by atoms with E-state index in [4.69, 9.17) is 0 Å². The second-order valence-corrected chi connectivity index (χ2v) is 4.09. The largest absolute Gasteiger partial charge is 0.325 e. The van der Waals surface area contributed by atoms with Crippen molar-refractivity contribution in [1.82, 2.24) is 9.99 Å². The standard InChI is InChI=1S/C11H14FN4O3/c1-14(8-10-3-4-11(12)13-7-10)16(2,9-17)6-5-15(18)19/h3-7,9H,8H2,1-2H3/q+1. The molecule has 1 aromatic rings. The molecule has 1 atom stereocenters. The fourth-order valence-corrected chi connectivity index (χ4v) is 1.34. The Balaban J connectivity index is 2.84. The predicted octanol–water partition coefficient (Wildman–Crippen LogP) is 0.918. The highest BCUT2D eigenvalue weighted by Crippen LogP contribution is 2.11. The summed E-state index contributed by atoms with van der Waals surface area (Å²) in [5.74, 6) is -0.590. The molecule has 1 unspecified atom stereocenters. The van der Waals surface area contributed by atoms with Gasteiger partial charge in [-0.2, -0.15) is 8.98 Å². The molecule has 0 aliphatic rings. The van der Waals surface area contributed by atoms with E-state index in [2.05, 4.69) is 4.98 Å². The molecule has 0 spiro atoms. The van der Waals surface area contributed by atoms with Crippen LogP contribution in [0.4, 0.5) is 4.39 Å². The lowest BCUT2D eigenvalue weighted by Gasteiger charge is -2.30. The summed E-state index contributed by atoms with van der Waals surface area (Å²) in [6.07, 6.45) is 3.74. The Hall–Kier alpha value is -2.19. The van der Waals surface area contributed by atoms with E-state index in [1.807, 2.05) is 0 Å². The highest BCUT2D eigenvalue weighted by Gasteiger charge is 2.26. The van der Waals surface area contributed by atoms with Crippen LogP contribution in [0.1, 0.15) is 5.56 Å². The molecule has 0 saturated carbocycles.